The number of thioether (sulfide) groups is 1. The average Bonchev–Trinajstić information content (AvgIpc) is 2.78. The van der Waals surface area contributed by atoms with Gasteiger partial charge in [0, 0.05) is 10.8 Å². The van der Waals surface area contributed by atoms with Gasteiger partial charge in [-0.2, -0.15) is 11.8 Å². The van der Waals surface area contributed by atoms with Crippen molar-refractivity contribution < 1.29 is 0 Å². The Bertz CT molecular complexity index is 411. The summed E-state index contributed by atoms with van der Waals surface area (Å²) in [4.78, 5) is 0. The van der Waals surface area contributed by atoms with Crippen molar-refractivity contribution in [1.82, 2.24) is 5.43 Å². The van der Waals surface area contributed by atoms with Gasteiger partial charge in [-0.3, -0.25) is 11.3 Å². The van der Waals surface area contributed by atoms with Gasteiger partial charge in [0.25, 0.3) is 0 Å². The Kier molecular flexibility index (Phi) is 4.36. The van der Waals surface area contributed by atoms with Crippen molar-refractivity contribution in [2.45, 2.75) is 50.8 Å². The van der Waals surface area contributed by atoms with E-state index in [0.717, 1.165) is 6.42 Å². The summed E-state index contributed by atoms with van der Waals surface area (Å²) in [5, 5.41) is 0. The number of hydrogen-bond acceptors (Lipinski definition) is 3. The van der Waals surface area contributed by atoms with Crippen LogP contribution in [0.25, 0.3) is 0 Å². The van der Waals surface area contributed by atoms with Gasteiger partial charge < -0.3 is 0 Å². The number of benzene rings is 1. The summed E-state index contributed by atoms with van der Waals surface area (Å²) in [5.74, 6) is 7.06. The van der Waals surface area contributed by atoms with E-state index < -0.39 is 0 Å². The number of rotatable bonds is 4. The molecule has 100 valence electrons. The molecule has 1 aromatic carbocycles. The van der Waals surface area contributed by atoms with Crippen molar-refractivity contribution >= 4 is 11.8 Å². The predicted molar refractivity (Wildman–Crippen MR) is 80.8 cm³/mol. The van der Waals surface area contributed by atoms with Gasteiger partial charge >= 0.3 is 0 Å². The van der Waals surface area contributed by atoms with Crippen LogP contribution in [0.2, 0.25) is 0 Å². The Balaban J connectivity index is 2.12. The summed E-state index contributed by atoms with van der Waals surface area (Å²) < 4.78 is 0.285. The van der Waals surface area contributed by atoms with Crippen molar-refractivity contribution in [1.29, 1.82) is 0 Å². The molecule has 1 aliphatic rings. The van der Waals surface area contributed by atoms with E-state index in [9.17, 15) is 0 Å². The zero-order valence-electron chi connectivity index (χ0n) is 11.6. The van der Waals surface area contributed by atoms with E-state index in [1.165, 1.54) is 35.3 Å². The Morgan fingerprint density at radius 1 is 1.39 bits per heavy atom. The lowest BCUT2D eigenvalue weighted by atomic mass is 9.90. The smallest absolute Gasteiger partial charge is 0.0395 e. The highest BCUT2D eigenvalue weighted by Crippen LogP contribution is 2.41. The van der Waals surface area contributed by atoms with Crippen LogP contribution in [0.5, 0.6) is 0 Å². The van der Waals surface area contributed by atoms with E-state index in [4.69, 9.17) is 5.84 Å². The van der Waals surface area contributed by atoms with E-state index in [2.05, 4.69) is 56.2 Å². The number of hydrazine groups is 1. The van der Waals surface area contributed by atoms with Gasteiger partial charge in [-0.1, -0.05) is 18.2 Å². The molecule has 2 nitrogen and oxygen atoms in total. The topological polar surface area (TPSA) is 38.0 Å². The molecule has 1 aromatic rings. The first-order chi connectivity index (χ1) is 8.55. The fourth-order valence-electron chi connectivity index (χ4n) is 2.69. The summed E-state index contributed by atoms with van der Waals surface area (Å²) in [6.07, 6.45) is 3.59. The largest absolute Gasteiger partial charge is 0.271 e. The number of aryl methyl sites for hydroxylation is 2. The molecule has 0 bridgehead atoms. The molecule has 1 saturated heterocycles. The van der Waals surface area contributed by atoms with Crippen LogP contribution < -0.4 is 11.3 Å². The predicted octanol–water partition coefficient (Wildman–Crippen LogP) is 2.96. The van der Waals surface area contributed by atoms with Crippen LogP contribution in [0.15, 0.2) is 18.2 Å². The first-order valence-electron chi connectivity index (χ1n) is 6.71. The molecule has 2 unspecified atom stereocenters. The van der Waals surface area contributed by atoms with Gasteiger partial charge in [-0.25, -0.2) is 0 Å². The molecule has 0 aliphatic carbocycles. The molecule has 0 saturated carbocycles. The summed E-state index contributed by atoms with van der Waals surface area (Å²) in [7, 11) is 0. The molecule has 2 rings (SSSR count). The van der Waals surface area contributed by atoms with Crippen LogP contribution >= 0.6 is 11.8 Å². The first kappa shape index (κ1) is 13.9. The quantitative estimate of drug-likeness (QED) is 0.648. The van der Waals surface area contributed by atoms with Crippen molar-refractivity contribution in [3.8, 4) is 0 Å². The molecule has 3 heteroatoms. The SMILES string of the molecule is Cc1ccc(CC(NN)C2(C)CCCS2)cc1C. The highest BCUT2D eigenvalue weighted by Gasteiger charge is 2.37. The zero-order valence-corrected chi connectivity index (χ0v) is 12.4. The van der Waals surface area contributed by atoms with E-state index in [0.29, 0.717) is 6.04 Å². The third-order valence-corrected chi connectivity index (χ3v) is 5.84. The lowest BCUT2D eigenvalue weighted by molar-refractivity contribution is 0.405. The Labute approximate surface area is 115 Å². The highest BCUT2D eigenvalue weighted by molar-refractivity contribution is 8.00. The van der Waals surface area contributed by atoms with Gasteiger partial charge in [-0.15, -0.1) is 0 Å². The molecular formula is C15H24N2S. The minimum atomic E-state index is 0.285. The molecule has 18 heavy (non-hydrogen) atoms. The Hall–Kier alpha value is -0.510. The summed E-state index contributed by atoms with van der Waals surface area (Å²) in [5.41, 5.74) is 7.16. The van der Waals surface area contributed by atoms with Crippen LogP contribution in [-0.4, -0.2) is 16.5 Å². The van der Waals surface area contributed by atoms with Crippen molar-refractivity contribution in [2.75, 3.05) is 5.75 Å². The maximum atomic E-state index is 5.79. The fraction of sp³-hybridized carbons (Fsp3) is 0.600. The molecule has 3 N–H and O–H groups in total. The monoisotopic (exact) mass is 264 g/mol. The van der Waals surface area contributed by atoms with Crippen LogP contribution in [0, 0.1) is 13.8 Å². The standard InChI is InChI=1S/C15H24N2S/c1-11-5-6-13(9-12(11)2)10-14(17-16)15(3)7-4-8-18-15/h5-6,9,14,17H,4,7-8,10,16H2,1-3H3. The molecular weight excluding hydrogens is 240 g/mol. The summed E-state index contributed by atoms with van der Waals surface area (Å²) >= 11 is 2.06. The van der Waals surface area contributed by atoms with Crippen LogP contribution in [-0.2, 0) is 6.42 Å². The molecule has 1 aliphatic heterocycles. The molecule has 0 radical (unpaired) electrons. The van der Waals surface area contributed by atoms with Crippen LogP contribution in [0.1, 0.15) is 36.5 Å². The molecule has 1 heterocycles. The number of nitrogens with two attached hydrogens (primary N) is 1. The van der Waals surface area contributed by atoms with E-state index >= 15 is 0 Å². The minimum absolute atomic E-state index is 0.285. The molecule has 0 amide bonds. The second kappa shape index (κ2) is 5.64. The van der Waals surface area contributed by atoms with Crippen molar-refractivity contribution in [3.05, 3.63) is 34.9 Å². The lowest BCUT2D eigenvalue weighted by Gasteiger charge is -2.33. The normalized spacial score (nSPS) is 25.3. The zero-order chi connectivity index (χ0) is 13.2. The van der Waals surface area contributed by atoms with E-state index in [1.54, 1.807) is 0 Å². The summed E-state index contributed by atoms with van der Waals surface area (Å²) in [6, 6.07) is 7.09. The Morgan fingerprint density at radius 2 is 2.17 bits per heavy atom. The van der Waals surface area contributed by atoms with Gasteiger partial charge in [0.1, 0.15) is 0 Å². The fourth-order valence-corrected chi connectivity index (χ4v) is 4.09. The van der Waals surface area contributed by atoms with Gasteiger partial charge in [0.2, 0.25) is 0 Å². The van der Waals surface area contributed by atoms with Crippen LogP contribution in [0.4, 0.5) is 0 Å². The van der Waals surface area contributed by atoms with E-state index in [-0.39, 0.29) is 4.75 Å². The molecule has 0 spiro atoms. The number of hydrogen-bond donors (Lipinski definition) is 2. The second-order valence-electron chi connectivity index (χ2n) is 5.61. The van der Waals surface area contributed by atoms with Gasteiger partial charge in [0.05, 0.1) is 0 Å². The van der Waals surface area contributed by atoms with Crippen molar-refractivity contribution in [3.63, 3.8) is 0 Å². The molecule has 0 aromatic heterocycles. The Morgan fingerprint density at radius 3 is 2.72 bits per heavy atom. The van der Waals surface area contributed by atoms with Crippen molar-refractivity contribution in [2.24, 2.45) is 5.84 Å². The lowest BCUT2D eigenvalue weighted by Crippen LogP contribution is -2.50. The third-order valence-electron chi connectivity index (χ3n) is 4.20. The molecule has 2 atom stereocenters. The first-order valence-corrected chi connectivity index (χ1v) is 7.70. The second-order valence-corrected chi connectivity index (χ2v) is 7.24. The maximum Gasteiger partial charge on any atom is 0.0395 e. The molecule has 1 fully saturated rings. The average molecular weight is 264 g/mol. The highest BCUT2D eigenvalue weighted by atomic mass is 32.2. The van der Waals surface area contributed by atoms with Crippen LogP contribution in [0.3, 0.4) is 0 Å². The minimum Gasteiger partial charge on any atom is -0.271 e. The van der Waals surface area contributed by atoms with Gasteiger partial charge in [0.15, 0.2) is 0 Å². The number of nitrogens with one attached hydrogen (secondary N) is 1. The third kappa shape index (κ3) is 2.90. The maximum absolute atomic E-state index is 5.79. The van der Waals surface area contributed by atoms with E-state index in [1.807, 2.05) is 0 Å². The summed E-state index contributed by atoms with van der Waals surface area (Å²) in [6.45, 7) is 6.68. The van der Waals surface area contributed by atoms with Gasteiger partial charge in [-0.05, 0) is 62.5 Å².